The van der Waals surface area contributed by atoms with Gasteiger partial charge in [0.2, 0.25) is 0 Å². The number of ether oxygens (including phenoxy) is 2. The first-order valence-electron chi connectivity index (χ1n) is 10.5. The van der Waals surface area contributed by atoms with Gasteiger partial charge in [-0.15, -0.1) is 0 Å². The molecule has 1 atom stereocenters. The summed E-state index contributed by atoms with van der Waals surface area (Å²) < 4.78 is 25.1. The smallest absolute Gasteiger partial charge is 0.159 e. The molecule has 0 fully saturated rings. The lowest BCUT2D eigenvalue weighted by Crippen LogP contribution is -2.12. The molecule has 0 aliphatic heterocycles. The van der Waals surface area contributed by atoms with Crippen molar-refractivity contribution in [3.8, 4) is 17.1 Å². The summed E-state index contributed by atoms with van der Waals surface area (Å²) in [5.74, 6) is 1.32. The number of aromatic nitrogens is 2. The number of alkyl halides is 1. The van der Waals surface area contributed by atoms with Crippen LogP contribution in [0.3, 0.4) is 0 Å². The Balaban J connectivity index is 1.81. The summed E-state index contributed by atoms with van der Waals surface area (Å²) >= 11 is 0. The van der Waals surface area contributed by atoms with Crippen molar-refractivity contribution in [1.82, 2.24) is 9.97 Å². The minimum absolute atomic E-state index is 0.104. The van der Waals surface area contributed by atoms with E-state index in [1.165, 1.54) is 6.42 Å². The van der Waals surface area contributed by atoms with Crippen LogP contribution < -0.4 is 4.74 Å². The number of hydrogen-bond acceptors (Lipinski definition) is 4. The molecule has 0 radical (unpaired) electrons. The van der Waals surface area contributed by atoms with E-state index in [0.717, 1.165) is 50.0 Å². The predicted octanol–water partition coefficient (Wildman–Crippen LogP) is 6.15. The van der Waals surface area contributed by atoms with Crippen LogP contribution in [0.25, 0.3) is 11.4 Å². The normalized spacial score (nSPS) is 12.1. The Labute approximate surface area is 168 Å². The van der Waals surface area contributed by atoms with Crippen LogP contribution in [0.15, 0.2) is 36.5 Å². The highest BCUT2D eigenvalue weighted by atomic mass is 19.1. The Morgan fingerprint density at radius 2 is 1.75 bits per heavy atom. The van der Waals surface area contributed by atoms with Crippen LogP contribution in [0, 0.1) is 0 Å². The van der Waals surface area contributed by atoms with Gasteiger partial charge in [0, 0.05) is 18.4 Å². The zero-order valence-corrected chi connectivity index (χ0v) is 17.2. The molecule has 0 saturated heterocycles. The van der Waals surface area contributed by atoms with Gasteiger partial charge in [-0.25, -0.2) is 14.4 Å². The molecule has 1 aromatic carbocycles. The molecule has 2 rings (SSSR count). The van der Waals surface area contributed by atoms with Gasteiger partial charge in [-0.05, 0) is 43.2 Å². The van der Waals surface area contributed by atoms with E-state index < -0.39 is 6.17 Å². The summed E-state index contributed by atoms with van der Waals surface area (Å²) in [5.41, 5.74) is 1.77. The molecule has 1 heterocycles. The maximum Gasteiger partial charge on any atom is 0.159 e. The van der Waals surface area contributed by atoms with Crippen molar-refractivity contribution in [2.24, 2.45) is 0 Å². The van der Waals surface area contributed by atoms with E-state index in [2.05, 4.69) is 23.8 Å². The van der Waals surface area contributed by atoms with E-state index in [-0.39, 0.29) is 6.61 Å². The quantitative estimate of drug-likeness (QED) is 0.364. The molecule has 1 aromatic heterocycles. The largest absolute Gasteiger partial charge is 0.491 e. The van der Waals surface area contributed by atoms with E-state index >= 15 is 0 Å². The average molecular weight is 389 g/mol. The second-order valence-electron chi connectivity index (χ2n) is 7.06. The summed E-state index contributed by atoms with van der Waals surface area (Å²) in [5, 5.41) is 0. The third-order valence-electron chi connectivity index (χ3n) is 4.52. The van der Waals surface area contributed by atoms with Crippen LogP contribution in [-0.2, 0) is 11.3 Å². The predicted molar refractivity (Wildman–Crippen MR) is 111 cm³/mol. The molecule has 0 N–H and O–H groups in total. The van der Waals surface area contributed by atoms with Crippen molar-refractivity contribution in [1.29, 1.82) is 0 Å². The van der Waals surface area contributed by atoms with Gasteiger partial charge in [0.05, 0.1) is 12.3 Å². The average Bonchev–Trinajstić information content (AvgIpc) is 2.73. The zero-order valence-electron chi connectivity index (χ0n) is 17.2. The molecule has 0 saturated carbocycles. The minimum atomic E-state index is -0.913. The standard InChI is InChI=1S/C23H33FN2O2/c1-3-5-7-8-9-20(24)17-28-22-12-10-19(11-13-22)23-25-15-14-21(26-23)18-27-16-6-4-2/h10-15,20H,3-9,16-18H2,1-2H3. The van der Waals surface area contributed by atoms with Crippen LogP contribution in [0.4, 0.5) is 4.39 Å². The van der Waals surface area contributed by atoms with Gasteiger partial charge < -0.3 is 9.47 Å². The van der Waals surface area contributed by atoms with Crippen molar-refractivity contribution in [2.45, 2.75) is 71.6 Å². The molecule has 0 bridgehead atoms. The van der Waals surface area contributed by atoms with E-state index in [1.54, 1.807) is 6.20 Å². The first kappa shape index (κ1) is 22.3. The molecule has 0 aliphatic rings. The van der Waals surface area contributed by atoms with E-state index in [1.807, 2.05) is 30.3 Å². The summed E-state index contributed by atoms with van der Waals surface area (Å²) in [6, 6.07) is 9.36. The topological polar surface area (TPSA) is 44.2 Å². The SMILES string of the molecule is CCCCCCC(F)COc1ccc(-c2nccc(COCCCC)n2)cc1. The lowest BCUT2D eigenvalue weighted by atomic mass is 10.1. The molecule has 0 amide bonds. The van der Waals surface area contributed by atoms with Gasteiger partial charge in [0.1, 0.15) is 18.5 Å². The van der Waals surface area contributed by atoms with Crippen molar-refractivity contribution in [2.75, 3.05) is 13.2 Å². The second kappa shape index (κ2) is 13.2. The molecular weight excluding hydrogens is 355 g/mol. The number of hydrogen-bond donors (Lipinski definition) is 0. The van der Waals surface area contributed by atoms with Gasteiger partial charge in [-0.3, -0.25) is 0 Å². The Kier molecular flexibility index (Phi) is 10.5. The maximum atomic E-state index is 13.9. The van der Waals surface area contributed by atoms with Gasteiger partial charge in [0.15, 0.2) is 5.82 Å². The van der Waals surface area contributed by atoms with Crippen molar-refractivity contribution < 1.29 is 13.9 Å². The van der Waals surface area contributed by atoms with E-state index in [9.17, 15) is 4.39 Å². The molecule has 1 unspecified atom stereocenters. The lowest BCUT2D eigenvalue weighted by molar-refractivity contribution is 0.115. The van der Waals surface area contributed by atoms with Crippen LogP contribution in [0.5, 0.6) is 5.75 Å². The fraction of sp³-hybridized carbons (Fsp3) is 0.565. The van der Waals surface area contributed by atoms with Gasteiger partial charge >= 0.3 is 0 Å². The molecule has 28 heavy (non-hydrogen) atoms. The Morgan fingerprint density at radius 3 is 2.50 bits per heavy atom. The van der Waals surface area contributed by atoms with Gasteiger partial charge in [-0.1, -0.05) is 46.0 Å². The molecule has 0 aliphatic carbocycles. The summed E-state index contributed by atoms with van der Waals surface area (Å²) in [7, 11) is 0. The summed E-state index contributed by atoms with van der Waals surface area (Å²) in [4.78, 5) is 8.90. The van der Waals surface area contributed by atoms with Crippen molar-refractivity contribution in [3.63, 3.8) is 0 Å². The van der Waals surface area contributed by atoms with E-state index in [0.29, 0.717) is 24.6 Å². The highest BCUT2D eigenvalue weighted by molar-refractivity contribution is 5.56. The second-order valence-corrected chi connectivity index (χ2v) is 7.06. The van der Waals surface area contributed by atoms with Crippen LogP contribution >= 0.6 is 0 Å². The van der Waals surface area contributed by atoms with Gasteiger partial charge in [-0.2, -0.15) is 0 Å². The number of unbranched alkanes of at least 4 members (excludes halogenated alkanes) is 4. The number of rotatable bonds is 14. The monoisotopic (exact) mass is 388 g/mol. The fourth-order valence-corrected chi connectivity index (χ4v) is 2.80. The third-order valence-corrected chi connectivity index (χ3v) is 4.52. The fourth-order valence-electron chi connectivity index (χ4n) is 2.80. The first-order chi connectivity index (χ1) is 13.7. The number of benzene rings is 1. The van der Waals surface area contributed by atoms with Gasteiger partial charge in [0.25, 0.3) is 0 Å². The Hall–Kier alpha value is -2.01. The third kappa shape index (κ3) is 8.34. The Bertz CT molecular complexity index is 664. The molecule has 0 spiro atoms. The maximum absolute atomic E-state index is 13.9. The number of nitrogens with zero attached hydrogens (tertiary/aromatic N) is 2. The lowest BCUT2D eigenvalue weighted by Gasteiger charge is -2.11. The highest BCUT2D eigenvalue weighted by Gasteiger charge is 2.08. The number of halogens is 1. The molecule has 4 nitrogen and oxygen atoms in total. The highest BCUT2D eigenvalue weighted by Crippen LogP contribution is 2.20. The summed E-state index contributed by atoms with van der Waals surface area (Å²) in [6.07, 6.45) is 7.92. The Morgan fingerprint density at radius 1 is 0.964 bits per heavy atom. The molecule has 154 valence electrons. The summed E-state index contributed by atoms with van der Waals surface area (Å²) in [6.45, 7) is 5.64. The van der Waals surface area contributed by atoms with Crippen LogP contribution in [0.1, 0.15) is 64.5 Å². The minimum Gasteiger partial charge on any atom is -0.491 e. The van der Waals surface area contributed by atoms with E-state index in [4.69, 9.17) is 9.47 Å². The van der Waals surface area contributed by atoms with Crippen molar-refractivity contribution >= 4 is 0 Å². The van der Waals surface area contributed by atoms with Crippen LogP contribution in [-0.4, -0.2) is 29.4 Å². The zero-order chi connectivity index (χ0) is 20.0. The molecule has 2 aromatic rings. The molecule has 5 heteroatoms. The van der Waals surface area contributed by atoms with Crippen LogP contribution in [0.2, 0.25) is 0 Å². The molecular formula is C23H33FN2O2. The first-order valence-corrected chi connectivity index (χ1v) is 10.5. The van der Waals surface area contributed by atoms with Crippen molar-refractivity contribution in [3.05, 3.63) is 42.2 Å².